The number of benzene rings is 2. The molecule has 1 aromatic heterocycles. The lowest BCUT2D eigenvalue weighted by Crippen LogP contribution is -2.39. The maximum atomic E-state index is 13.2. The van der Waals surface area contributed by atoms with Crippen molar-refractivity contribution >= 4 is 35.1 Å². The third kappa shape index (κ3) is 6.85. The lowest BCUT2D eigenvalue weighted by molar-refractivity contribution is -0.151. The third-order valence-electron chi connectivity index (χ3n) is 5.25. The summed E-state index contributed by atoms with van der Waals surface area (Å²) in [5.41, 5.74) is 0.126. The van der Waals surface area contributed by atoms with Crippen molar-refractivity contribution in [2.75, 3.05) is 5.32 Å². The van der Waals surface area contributed by atoms with Gasteiger partial charge in [-0.15, -0.1) is 5.10 Å². The highest BCUT2D eigenvalue weighted by molar-refractivity contribution is 6.35. The van der Waals surface area contributed by atoms with Crippen LogP contribution in [0.1, 0.15) is 50.4 Å². The Morgan fingerprint density at radius 3 is 2.28 bits per heavy atom. The molecule has 0 aliphatic heterocycles. The molecule has 9 nitrogen and oxygen atoms in total. The molecule has 0 fully saturated rings. The smallest absolute Gasteiger partial charge is 0.453 e. The van der Waals surface area contributed by atoms with E-state index < -0.39 is 54.4 Å². The molecule has 0 aliphatic rings. The summed E-state index contributed by atoms with van der Waals surface area (Å²) in [6, 6.07) is 6.58. The molecular weight excluding hydrogens is 560 g/mol. The van der Waals surface area contributed by atoms with Crippen LogP contribution in [0.3, 0.4) is 0 Å². The molecule has 0 saturated heterocycles. The molecule has 1 heterocycles. The van der Waals surface area contributed by atoms with Crippen LogP contribution in [-0.4, -0.2) is 43.7 Å². The van der Waals surface area contributed by atoms with Gasteiger partial charge in [0.25, 0.3) is 17.6 Å². The number of carboxylic acid groups (broad SMARTS) is 1. The SMILES string of the molecule is Cc1cc(Cn2nc(C(F)(F)F)nc2C(F)(F)F)ccc1NC(=O)c1cccc(Cl)c1C(=O)N[C@@H](C)C(=O)O. The quantitative estimate of drug-likeness (QED) is 0.347. The fourth-order valence-corrected chi connectivity index (χ4v) is 3.64. The summed E-state index contributed by atoms with van der Waals surface area (Å²) in [5.74, 6) is -6.81. The lowest BCUT2D eigenvalue weighted by Gasteiger charge is -2.15. The molecule has 208 valence electrons. The van der Waals surface area contributed by atoms with E-state index in [-0.39, 0.29) is 32.1 Å². The molecule has 39 heavy (non-hydrogen) atoms. The first-order valence-electron chi connectivity index (χ1n) is 10.8. The highest BCUT2D eigenvalue weighted by atomic mass is 35.5. The number of nitrogens with zero attached hydrogens (tertiary/aromatic N) is 3. The molecule has 3 N–H and O–H groups in total. The summed E-state index contributed by atoms with van der Waals surface area (Å²) in [7, 11) is 0. The predicted molar refractivity (Wildman–Crippen MR) is 124 cm³/mol. The highest BCUT2D eigenvalue weighted by Gasteiger charge is 2.44. The number of halogens is 7. The number of carbonyl (C=O) groups is 3. The standard InChI is InChI=1S/C23H18ClF6N5O4/c1-10-8-12(9-35-21(23(28,29)30)33-20(34-35)22(25,26)27)6-7-15(10)32-17(36)13-4-3-5-14(24)16(13)18(37)31-11(2)19(38)39/h3-8,11H,9H2,1-2H3,(H,31,37)(H,32,36)(H,38,39)/t11-/m0/s1. The van der Waals surface area contributed by atoms with Crippen LogP contribution in [0, 0.1) is 6.92 Å². The van der Waals surface area contributed by atoms with Crippen LogP contribution in [0.2, 0.25) is 5.02 Å². The number of carbonyl (C=O) groups excluding carboxylic acids is 2. The summed E-state index contributed by atoms with van der Waals surface area (Å²) in [6.45, 7) is 1.99. The normalized spacial score (nSPS) is 12.6. The Morgan fingerprint density at radius 1 is 1.05 bits per heavy atom. The zero-order valence-corrected chi connectivity index (χ0v) is 20.7. The van der Waals surface area contributed by atoms with Gasteiger partial charge in [0, 0.05) is 5.69 Å². The van der Waals surface area contributed by atoms with Crippen molar-refractivity contribution in [1.82, 2.24) is 20.1 Å². The minimum atomic E-state index is -5.19. The van der Waals surface area contributed by atoms with E-state index in [1.54, 1.807) is 0 Å². The zero-order chi connectivity index (χ0) is 29.3. The first-order valence-corrected chi connectivity index (χ1v) is 11.2. The number of aryl methyl sites for hydroxylation is 1. The molecule has 0 bridgehead atoms. The largest absolute Gasteiger partial charge is 0.480 e. The van der Waals surface area contributed by atoms with Crippen molar-refractivity contribution in [3.63, 3.8) is 0 Å². The van der Waals surface area contributed by atoms with E-state index in [0.717, 1.165) is 0 Å². The summed E-state index contributed by atoms with van der Waals surface area (Å²) in [4.78, 5) is 39.2. The van der Waals surface area contributed by atoms with Crippen molar-refractivity contribution in [3.05, 3.63) is 75.3 Å². The van der Waals surface area contributed by atoms with Crippen LogP contribution >= 0.6 is 11.6 Å². The maximum Gasteiger partial charge on any atom is 0.453 e. The van der Waals surface area contributed by atoms with Crippen molar-refractivity contribution < 1.29 is 45.8 Å². The number of anilines is 1. The van der Waals surface area contributed by atoms with Crippen LogP contribution in [0.25, 0.3) is 0 Å². The van der Waals surface area contributed by atoms with Gasteiger partial charge in [0.15, 0.2) is 0 Å². The molecule has 0 saturated carbocycles. The number of rotatable bonds is 7. The molecular formula is C23H18ClF6N5O4. The van der Waals surface area contributed by atoms with E-state index in [1.165, 1.54) is 50.2 Å². The topological polar surface area (TPSA) is 126 Å². The van der Waals surface area contributed by atoms with Gasteiger partial charge in [0.05, 0.1) is 22.7 Å². The molecule has 0 radical (unpaired) electrons. The second kappa shape index (κ2) is 10.9. The Balaban J connectivity index is 1.86. The average Bonchev–Trinajstić information content (AvgIpc) is 3.25. The van der Waals surface area contributed by atoms with Crippen molar-refractivity contribution in [3.8, 4) is 0 Å². The molecule has 2 aromatic carbocycles. The van der Waals surface area contributed by atoms with Gasteiger partial charge < -0.3 is 15.7 Å². The lowest BCUT2D eigenvalue weighted by atomic mass is 10.0. The van der Waals surface area contributed by atoms with E-state index >= 15 is 0 Å². The third-order valence-corrected chi connectivity index (χ3v) is 5.57. The molecule has 0 unspecified atom stereocenters. The molecule has 3 aromatic rings. The first-order chi connectivity index (χ1) is 18.0. The van der Waals surface area contributed by atoms with Crippen LogP contribution in [0.15, 0.2) is 36.4 Å². The number of alkyl halides is 6. The number of amides is 2. The number of aromatic nitrogens is 3. The number of hydrogen-bond donors (Lipinski definition) is 3. The summed E-state index contributed by atoms with van der Waals surface area (Å²) in [6.07, 6.45) is -10.4. The molecule has 2 amide bonds. The van der Waals surface area contributed by atoms with E-state index in [2.05, 4.69) is 20.7 Å². The number of nitrogens with one attached hydrogen (secondary N) is 2. The summed E-state index contributed by atoms with van der Waals surface area (Å²) in [5, 5.41) is 16.6. The van der Waals surface area contributed by atoms with E-state index in [9.17, 15) is 40.7 Å². The first kappa shape index (κ1) is 29.4. The minimum absolute atomic E-state index is 0.0881. The molecule has 0 aliphatic carbocycles. The Kier molecular flexibility index (Phi) is 8.24. The minimum Gasteiger partial charge on any atom is -0.480 e. The van der Waals surface area contributed by atoms with Crippen LogP contribution in [-0.2, 0) is 23.7 Å². The van der Waals surface area contributed by atoms with Crippen molar-refractivity contribution in [1.29, 1.82) is 0 Å². The Labute approximate surface area is 220 Å². The van der Waals surface area contributed by atoms with E-state index in [0.29, 0.717) is 5.56 Å². The second-order valence-electron chi connectivity index (χ2n) is 8.21. The fraction of sp³-hybridized carbons (Fsp3) is 0.261. The second-order valence-corrected chi connectivity index (χ2v) is 8.62. The van der Waals surface area contributed by atoms with Crippen LogP contribution in [0.4, 0.5) is 32.0 Å². The molecule has 0 spiro atoms. The Bertz CT molecular complexity index is 1440. The Hall–Kier alpha value is -4.14. The van der Waals surface area contributed by atoms with E-state index in [4.69, 9.17) is 16.7 Å². The zero-order valence-electron chi connectivity index (χ0n) is 19.9. The van der Waals surface area contributed by atoms with Crippen molar-refractivity contribution in [2.45, 2.75) is 38.8 Å². The molecule has 3 rings (SSSR count). The summed E-state index contributed by atoms with van der Waals surface area (Å²) < 4.78 is 78.4. The fourth-order valence-electron chi connectivity index (χ4n) is 3.38. The number of aliphatic carboxylic acids is 1. The monoisotopic (exact) mass is 577 g/mol. The maximum absolute atomic E-state index is 13.2. The Morgan fingerprint density at radius 2 is 1.72 bits per heavy atom. The van der Waals surface area contributed by atoms with Gasteiger partial charge in [-0.25, -0.2) is 4.68 Å². The van der Waals surface area contributed by atoms with Crippen LogP contribution < -0.4 is 10.6 Å². The molecule has 1 atom stereocenters. The van der Waals surface area contributed by atoms with Crippen LogP contribution in [0.5, 0.6) is 0 Å². The van der Waals surface area contributed by atoms with Gasteiger partial charge in [-0.1, -0.05) is 29.8 Å². The van der Waals surface area contributed by atoms with Crippen molar-refractivity contribution in [2.24, 2.45) is 0 Å². The van der Waals surface area contributed by atoms with Gasteiger partial charge >= 0.3 is 18.3 Å². The highest BCUT2D eigenvalue weighted by Crippen LogP contribution is 2.33. The van der Waals surface area contributed by atoms with E-state index in [1.807, 2.05) is 0 Å². The van der Waals surface area contributed by atoms with Gasteiger partial charge in [-0.2, -0.15) is 31.3 Å². The molecule has 16 heteroatoms. The van der Waals surface area contributed by atoms with Gasteiger partial charge in [0.2, 0.25) is 5.82 Å². The predicted octanol–water partition coefficient (Wildman–Crippen LogP) is 4.78. The van der Waals surface area contributed by atoms with Gasteiger partial charge in [0.1, 0.15) is 6.04 Å². The number of hydrogen-bond acceptors (Lipinski definition) is 5. The van der Waals surface area contributed by atoms with Gasteiger partial charge in [-0.05, 0) is 43.2 Å². The summed E-state index contributed by atoms with van der Waals surface area (Å²) >= 11 is 6.09. The average molecular weight is 578 g/mol. The number of carboxylic acids is 1. The van der Waals surface area contributed by atoms with Gasteiger partial charge in [-0.3, -0.25) is 14.4 Å².